The number of phenols is 1. The number of carboxylic acids is 1. The molecule has 4 nitrogen and oxygen atoms in total. The van der Waals surface area contributed by atoms with Crippen LogP contribution in [0.15, 0.2) is 29.3 Å². The second kappa shape index (κ2) is 4.41. The number of aliphatic carboxylic acids is 1. The average molecular weight is 251 g/mol. The molecule has 17 heavy (non-hydrogen) atoms. The normalized spacial score (nSPS) is 23.5. The number of carbonyl (C=O) groups is 1. The molecule has 0 saturated heterocycles. The van der Waals surface area contributed by atoms with Gasteiger partial charge in [-0.05, 0) is 13.0 Å². The molecule has 0 amide bonds. The summed E-state index contributed by atoms with van der Waals surface area (Å²) in [5, 5.41) is 19.4. The second-order valence-corrected chi connectivity index (χ2v) is 5.23. The summed E-state index contributed by atoms with van der Waals surface area (Å²) >= 11 is 1.44. The van der Waals surface area contributed by atoms with Crippen LogP contribution in [0, 0.1) is 0 Å². The van der Waals surface area contributed by atoms with E-state index in [1.807, 2.05) is 12.1 Å². The molecule has 0 saturated carbocycles. The van der Waals surface area contributed by atoms with E-state index in [1.54, 1.807) is 19.1 Å². The molecule has 0 spiro atoms. The van der Waals surface area contributed by atoms with Gasteiger partial charge in [0.2, 0.25) is 0 Å². The van der Waals surface area contributed by atoms with Crippen molar-refractivity contribution in [2.75, 3.05) is 5.75 Å². The SMILES string of the molecule is C[C@]1(C(=O)O)CSC(Cc2ccccc2O)=N1. The minimum absolute atomic E-state index is 0.222. The standard InChI is InChI=1S/C12H13NO3S/c1-12(11(15)16)7-17-10(13-12)6-8-4-2-3-5-9(8)14/h2-5,14H,6-7H2,1H3,(H,15,16)/t12-/m1/s1. The van der Waals surface area contributed by atoms with Crippen LogP contribution in [0.2, 0.25) is 0 Å². The van der Waals surface area contributed by atoms with Crippen molar-refractivity contribution in [2.45, 2.75) is 18.9 Å². The number of thioether (sulfide) groups is 1. The number of hydrogen-bond acceptors (Lipinski definition) is 4. The highest BCUT2D eigenvalue weighted by Crippen LogP contribution is 2.30. The first kappa shape index (κ1) is 12.0. The van der Waals surface area contributed by atoms with Crippen molar-refractivity contribution in [3.63, 3.8) is 0 Å². The topological polar surface area (TPSA) is 69.9 Å². The molecule has 0 aromatic heterocycles. The molecule has 2 rings (SSSR count). The molecule has 1 heterocycles. The van der Waals surface area contributed by atoms with Crippen molar-refractivity contribution in [2.24, 2.45) is 4.99 Å². The van der Waals surface area contributed by atoms with E-state index < -0.39 is 11.5 Å². The minimum atomic E-state index is -1.02. The molecule has 0 aliphatic carbocycles. The van der Waals surface area contributed by atoms with E-state index in [1.165, 1.54) is 11.8 Å². The first-order valence-corrected chi connectivity index (χ1v) is 6.21. The summed E-state index contributed by atoms with van der Waals surface area (Å²) in [4.78, 5) is 15.2. The van der Waals surface area contributed by atoms with Gasteiger partial charge in [0.15, 0.2) is 5.54 Å². The lowest BCUT2D eigenvalue weighted by molar-refractivity contribution is -0.141. The largest absolute Gasteiger partial charge is 0.508 e. The summed E-state index contributed by atoms with van der Waals surface area (Å²) in [6, 6.07) is 7.02. The highest BCUT2D eigenvalue weighted by atomic mass is 32.2. The maximum absolute atomic E-state index is 11.0. The molecule has 90 valence electrons. The Balaban J connectivity index is 2.17. The molecule has 1 aromatic carbocycles. The molecule has 1 aliphatic heterocycles. The van der Waals surface area contributed by atoms with Crippen molar-refractivity contribution in [1.29, 1.82) is 0 Å². The quantitative estimate of drug-likeness (QED) is 0.861. The summed E-state index contributed by atoms with van der Waals surface area (Å²) < 4.78 is 0. The van der Waals surface area contributed by atoms with Crippen LogP contribution < -0.4 is 0 Å². The van der Waals surface area contributed by atoms with Crippen molar-refractivity contribution >= 4 is 22.8 Å². The molecule has 2 N–H and O–H groups in total. The van der Waals surface area contributed by atoms with Crippen LogP contribution >= 0.6 is 11.8 Å². The fraction of sp³-hybridized carbons (Fsp3) is 0.333. The first-order valence-electron chi connectivity index (χ1n) is 5.23. The second-order valence-electron chi connectivity index (χ2n) is 4.18. The first-order chi connectivity index (χ1) is 8.01. The lowest BCUT2D eigenvalue weighted by Gasteiger charge is -2.11. The number of benzene rings is 1. The van der Waals surface area contributed by atoms with Crippen LogP contribution in [0.3, 0.4) is 0 Å². The molecule has 0 fully saturated rings. The van der Waals surface area contributed by atoms with Gasteiger partial charge in [-0.1, -0.05) is 18.2 Å². The van der Waals surface area contributed by atoms with E-state index in [0.29, 0.717) is 12.2 Å². The average Bonchev–Trinajstić information content (AvgIpc) is 2.65. The number of aliphatic imine (C=N–C) groups is 1. The van der Waals surface area contributed by atoms with E-state index in [2.05, 4.69) is 4.99 Å². The number of rotatable bonds is 3. The van der Waals surface area contributed by atoms with Crippen molar-refractivity contribution in [3.8, 4) is 5.75 Å². The Morgan fingerprint density at radius 3 is 2.82 bits per heavy atom. The molecule has 1 aromatic rings. The molecular weight excluding hydrogens is 238 g/mol. The van der Waals surface area contributed by atoms with Gasteiger partial charge in [-0.15, -0.1) is 11.8 Å². The Kier molecular flexibility index (Phi) is 3.11. The molecule has 5 heteroatoms. The van der Waals surface area contributed by atoms with Crippen LogP contribution in [0.5, 0.6) is 5.75 Å². The lowest BCUT2D eigenvalue weighted by Crippen LogP contribution is -2.33. The van der Waals surface area contributed by atoms with Gasteiger partial charge >= 0.3 is 5.97 Å². The molecule has 0 bridgehead atoms. The van der Waals surface area contributed by atoms with Crippen LogP contribution in [-0.2, 0) is 11.2 Å². The smallest absolute Gasteiger partial charge is 0.332 e. The number of nitrogens with zero attached hydrogens (tertiary/aromatic N) is 1. The Bertz CT molecular complexity index is 486. The Labute approximate surface area is 103 Å². The van der Waals surface area contributed by atoms with Gasteiger partial charge in [0, 0.05) is 17.7 Å². The van der Waals surface area contributed by atoms with Crippen LogP contribution in [0.4, 0.5) is 0 Å². The Morgan fingerprint density at radius 1 is 1.53 bits per heavy atom. The van der Waals surface area contributed by atoms with E-state index in [9.17, 15) is 9.90 Å². The van der Waals surface area contributed by atoms with Gasteiger partial charge in [-0.25, -0.2) is 4.79 Å². The van der Waals surface area contributed by atoms with Crippen molar-refractivity contribution in [3.05, 3.63) is 29.8 Å². The molecule has 1 atom stereocenters. The molecule has 0 unspecified atom stereocenters. The van der Waals surface area contributed by atoms with Crippen molar-refractivity contribution < 1.29 is 15.0 Å². The van der Waals surface area contributed by atoms with Crippen LogP contribution in [0.25, 0.3) is 0 Å². The monoisotopic (exact) mass is 251 g/mol. The third kappa shape index (κ3) is 2.44. The zero-order valence-corrected chi connectivity index (χ0v) is 10.2. The minimum Gasteiger partial charge on any atom is -0.508 e. The van der Waals surface area contributed by atoms with Gasteiger partial charge < -0.3 is 10.2 Å². The van der Waals surface area contributed by atoms with Gasteiger partial charge in [-0.3, -0.25) is 4.99 Å². The number of phenolic OH excluding ortho intramolecular Hbond substituents is 1. The molecular formula is C12H13NO3S. The number of aromatic hydroxyl groups is 1. The Morgan fingerprint density at radius 2 is 2.24 bits per heavy atom. The highest BCUT2D eigenvalue weighted by molar-refractivity contribution is 8.14. The van der Waals surface area contributed by atoms with Gasteiger partial charge in [-0.2, -0.15) is 0 Å². The third-order valence-corrected chi connectivity index (χ3v) is 3.96. The number of hydrogen-bond donors (Lipinski definition) is 2. The van der Waals surface area contributed by atoms with Crippen LogP contribution in [0.1, 0.15) is 12.5 Å². The highest BCUT2D eigenvalue weighted by Gasteiger charge is 2.38. The lowest BCUT2D eigenvalue weighted by atomic mass is 10.1. The van der Waals surface area contributed by atoms with E-state index in [4.69, 9.17) is 5.11 Å². The van der Waals surface area contributed by atoms with E-state index in [0.717, 1.165) is 10.6 Å². The maximum Gasteiger partial charge on any atom is 0.332 e. The maximum atomic E-state index is 11.0. The number of carboxylic acid groups (broad SMARTS) is 1. The summed E-state index contributed by atoms with van der Waals surface area (Å²) in [7, 11) is 0. The predicted octanol–water partition coefficient (Wildman–Crippen LogP) is 1.92. The third-order valence-electron chi connectivity index (χ3n) is 2.69. The zero-order chi connectivity index (χ0) is 12.5. The van der Waals surface area contributed by atoms with E-state index in [-0.39, 0.29) is 5.75 Å². The summed E-state index contributed by atoms with van der Waals surface area (Å²) in [5.41, 5.74) is -0.252. The van der Waals surface area contributed by atoms with E-state index >= 15 is 0 Å². The van der Waals surface area contributed by atoms with Gasteiger partial charge in [0.25, 0.3) is 0 Å². The summed E-state index contributed by atoms with van der Waals surface area (Å²) in [6.45, 7) is 1.61. The molecule has 1 aliphatic rings. The van der Waals surface area contributed by atoms with Gasteiger partial charge in [0.05, 0.1) is 5.04 Å². The zero-order valence-electron chi connectivity index (χ0n) is 9.38. The summed E-state index contributed by atoms with van der Waals surface area (Å²) in [5.74, 6) is -0.234. The predicted molar refractivity (Wildman–Crippen MR) is 67.7 cm³/mol. The van der Waals surface area contributed by atoms with Crippen LogP contribution in [-0.4, -0.2) is 32.5 Å². The molecule has 0 radical (unpaired) electrons. The fourth-order valence-corrected chi connectivity index (χ4v) is 2.75. The van der Waals surface area contributed by atoms with Crippen molar-refractivity contribution in [1.82, 2.24) is 0 Å². The Hall–Kier alpha value is -1.49. The number of para-hydroxylation sites is 1. The van der Waals surface area contributed by atoms with Gasteiger partial charge in [0.1, 0.15) is 5.75 Å². The summed E-state index contributed by atoms with van der Waals surface area (Å²) in [6.07, 6.45) is 0.486. The fourth-order valence-electron chi connectivity index (χ4n) is 1.59.